The Labute approximate surface area is 168 Å². The fraction of sp³-hybridized carbons (Fsp3) is 0.762. The number of rotatable bonds is 4. The van der Waals surface area contributed by atoms with Crippen LogP contribution in [0.1, 0.15) is 53.9 Å². The van der Waals surface area contributed by atoms with Gasteiger partial charge in [0.15, 0.2) is 11.6 Å². The van der Waals surface area contributed by atoms with Gasteiger partial charge in [-0.25, -0.2) is 4.79 Å². The predicted octanol–water partition coefficient (Wildman–Crippen LogP) is 2.06. The maximum Gasteiger partial charge on any atom is 0.410 e. The molecule has 0 aromatic carbocycles. The van der Waals surface area contributed by atoms with Gasteiger partial charge in [-0.1, -0.05) is 26.0 Å². The molecule has 1 amide bonds. The maximum absolute atomic E-state index is 13.1. The summed E-state index contributed by atoms with van der Waals surface area (Å²) >= 11 is 0. The van der Waals surface area contributed by atoms with Crippen molar-refractivity contribution in [2.45, 2.75) is 71.0 Å². The standard InChI is InChI=1S/C21H35N3O4/c1-15(2)18(26)20(5)10-8-6-7-9-11-28-19(27)24-13-21(14-24,23-16(3)4)17(25)12-22-20/h7,9,15-16,22-23H,6,8,10-14H2,1-5H3/b9-7+/t20-/m0/s1. The van der Waals surface area contributed by atoms with Crippen molar-refractivity contribution in [3.8, 4) is 0 Å². The van der Waals surface area contributed by atoms with Crippen LogP contribution in [0.25, 0.3) is 0 Å². The monoisotopic (exact) mass is 393 g/mol. The SMILES string of the molecule is CC(C)NC12CN(C1)C(=O)OC/C=C/CCC[C@@](C)(C(=O)C(C)C)NCC2=O. The molecular weight excluding hydrogens is 358 g/mol. The predicted molar refractivity (Wildman–Crippen MR) is 108 cm³/mol. The molecule has 0 unspecified atom stereocenters. The van der Waals surface area contributed by atoms with Gasteiger partial charge in [-0.3, -0.25) is 20.2 Å². The topological polar surface area (TPSA) is 87.7 Å². The van der Waals surface area contributed by atoms with Crippen molar-refractivity contribution < 1.29 is 19.1 Å². The molecule has 0 aromatic heterocycles. The zero-order valence-corrected chi connectivity index (χ0v) is 17.8. The molecule has 1 saturated heterocycles. The highest BCUT2D eigenvalue weighted by Crippen LogP contribution is 2.25. The molecule has 3 heterocycles. The minimum atomic E-state index is -0.794. The lowest BCUT2D eigenvalue weighted by Crippen LogP contribution is -2.76. The molecule has 3 rings (SSSR count). The molecule has 158 valence electrons. The summed E-state index contributed by atoms with van der Waals surface area (Å²) < 4.78 is 5.26. The summed E-state index contributed by atoms with van der Waals surface area (Å²) in [7, 11) is 0. The van der Waals surface area contributed by atoms with E-state index >= 15 is 0 Å². The minimum Gasteiger partial charge on any atom is -0.445 e. The first-order valence-corrected chi connectivity index (χ1v) is 10.3. The molecule has 7 heteroatoms. The van der Waals surface area contributed by atoms with Gasteiger partial charge in [0.1, 0.15) is 12.1 Å². The number of nitrogens with zero attached hydrogens (tertiary/aromatic N) is 1. The van der Waals surface area contributed by atoms with Crippen molar-refractivity contribution in [3.05, 3.63) is 12.2 Å². The van der Waals surface area contributed by atoms with E-state index < -0.39 is 17.2 Å². The molecule has 2 N–H and O–H groups in total. The van der Waals surface area contributed by atoms with E-state index in [1.165, 1.54) is 0 Å². The molecule has 2 bridgehead atoms. The van der Waals surface area contributed by atoms with Crippen LogP contribution in [-0.2, 0) is 14.3 Å². The highest BCUT2D eigenvalue weighted by Gasteiger charge is 2.51. The van der Waals surface area contributed by atoms with E-state index in [0.717, 1.165) is 12.8 Å². The van der Waals surface area contributed by atoms with E-state index in [1.807, 2.05) is 46.8 Å². The van der Waals surface area contributed by atoms with Gasteiger partial charge >= 0.3 is 6.09 Å². The third-order valence-corrected chi connectivity index (χ3v) is 5.50. The Kier molecular flexibility index (Phi) is 7.39. The van der Waals surface area contributed by atoms with Crippen molar-refractivity contribution in [3.63, 3.8) is 0 Å². The van der Waals surface area contributed by atoms with Gasteiger partial charge in [0.2, 0.25) is 0 Å². The highest BCUT2D eigenvalue weighted by molar-refractivity contribution is 5.95. The molecule has 3 aliphatic heterocycles. The Morgan fingerprint density at radius 3 is 2.50 bits per heavy atom. The van der Waals surface area contributed by atoms with Crippen LogP contribution in [0.5, 0.6) is 0 Å². The molecule has 1 atom stereocenters. The van der Waals surface area contributed by atoms with Crippen LogP contribution in [0, 0.1) is 5.92 Å². The van der Waals surface area contributed by atoms with E-state index in [-0.39, 0.29) is 49.8 Å². The van der Waals surface area contributed by atoms with Crippen LogP contribution < -0.4 is 10.6 Å². The largest absolute Gasteiger partial charge is 0.445 e. The lowest BCUT2D eigenvalue weighted by molar-refractivity contribution is -0.133. The summed E-state index contributed by atoms with van der Waals surface area (Å²) in [6, 6.07) is 0.0933. The van der Waals surface area contributed by atoms with Crippen molar-refractivity contribution in [1.29, 1.82) is 0 Å². The highest BCUT2D eigenvalue weighted by atomic mass is 16.6. The molecular formula is C21H35N3O4. The van der Waals surface area contributed by atoms with Crippen LogP contribution in [0.3, 0.4) is 0 Å². The number of carbonyl (C=O) groups is 3. The van der Waals surface area contributed by atoms with Gasteiger partial charge in [-0.05, 0) is 40.0 Å². The molecule has 3 aliphatic rings. The smallest absolute Gasteiger partial charge is 0.410 e. The number of hydrogen-bond donors (Lipinski definition) is 2. The first-order valence-electron chi connectivity index (χ1n) is 10.3. The van der Waals surface area contributed by atoms with Gasteiger partial charge in [0.25, 0.3) is 0 Å². The Bertz CT molecular complexity index is 623. The van der Waals surface area contributed by atoms with E-state index in [1.54, 1.807) is 4.90 Å². The second-order valence-corrected chi connectivity index (χ2v) is 8.81. The van der Waals surface area contributed by atoms with Crippen molar-refractivity contribution in [1.82, 2.24) is 15.5 Å². The number of carbonyl (C=O) groups excluding carboxylic acids is 3. The molecule has 0 radical (unpaired) electrons. The van der Waals surface area contributed by atoms with Crippen molar-refractivity contribution in [2.24, 2.45) is 5.92 Å². The average molecular weight is 394 g/mol. The number of hydrogen-bond acceptors (Lipinski definition) is 6. The Hall–Kier alpha value is -1.73. The molecule has 1 fully saturated rings. The summed E-state index contributed by atoms with van der Waals surface area (Å²) in [6.07, 6.45) is 5.65. The zero-order valence-electron chi connectivity index (χ0n) is 17.8. The number of fused-ring (bicyclic) bond motifs is 10. The fourth-order valence-corrected chi connectivity index (χ4v) is 3.99. The molecule has 7 nitrogen and oxygen atoms in total. The van der Waals surface area contributed by atoms with Gasteiger partial charge in [0.05, 0.1) is 25.2 Å². The van der Waals surface area contributed by atoms with Gasteiger partial charge in [0, 0.05) is 12.0 Å². The van der Waals surface area contributed by atoms with E-state index in [2.05, 4.69) is 10.6 Å². The summed E-state index contributed by atoms with van der Waals surface area (Å²) in [5.41, 5.74) is -1.54. The number of ketones is 2. The molecule has 0 aliphatic carbocycles. The van der Waals surface area contributed by atoms with Crippen LogP contribution in [0.4, 0.5) is 4.79 Å². The molecule has 0 saturated carbocycles. The van der Waals surface area contributed by atoms with Crippen LogP contribution in [0.2, 0.25) is 0 Å². The molecule has 0 aromatic rings. The number of allylic oxidation sites excluding steroid dienone is 1. The molecule has 0 spiro atoms. The normalized spacial score (nSPS) is 31.0. The quantitative estimate of drug-likeness (QED) is 0.711. The fourth-order valence-electron chi connectivity index (χ4n) is 3.99. The minimum absolute atomic E-state index is 0.0268. The number of amides is 1. The Morgan fingerprint density at radius 1 is 1.21 bits per heavy atom. The van der Waals surface area contributed by atoms with Crippen molar-refractivity contribution in [2.75, 3.05) is 26.2 Å². The maximum atomic E-state index is 13.1. The lowest BCUT2D eigenvalue weighted by Gasteiger charge is -2.49. The van der Waals surface area contributed by atoms with Crippen molar-refractivity contribution >= 4 is 17.7 Å². The first-order chi connectivity index (χ1) is 13.1. The average Bonchev–Trinajstić information content (AvgIpc) is 2.60. The number of Topliss-reactive ketones (excluding diaryl/α,β-unsaturated/α-hetero) is 2. The van der Waals surface area contributed by atoms with Crippen LogP contribution in [-0.4, -0.2) is 65.9 Å². The Balaban J connectivity index is 2.22. The third kappa shape index (κ3) is 5.20. The summed E-state index contributed by atoms with van der Waals surface area (Å²) in [6.45, 7) is 10.5. The third-order valence-electron chi connectivity index (χ3n) is 5.50. The number of ether oxygens (including phenoxy) is 1. The molecule has 28 heavy (non-hydrogen) atoms. The van der Waals surface area contributed by atoms with Gasteiger partial charge < -0.3 is 9.64 Å². The summed E-state index contributed by atoms with van der Waals surface area (Å²) in [5.74, 6) is -0.0209. The van der Waals surface area contributed by atoms with E-state index in [0.29, 0.717) is 6.42 Å². The summed E-state index contributed by atoms with van der Waals surface area (Å²) in [4.78, 5) is 39.6. The van der Waals surface area contributed by atoms with Gasteiger partial charge in [-0.2, -0.15) is 0 Å². The Morgan fingerprint density at radius 2 is 1.89 bits per heavy atom. The van der Waals surface area contributed by atoms with Gasteiger partial charge in [-0.15, -0.1) is 0 Å². The zero-order chi connectivity index (χ0) is 20.9. The summed E-state index contributed by atoms with van der Waals surface area (Å²) in [5, 5.41) is 6.59. The second kappa shape index (κ2) is 9.18. The van der Waals surface area contributed by atoms with E-state index in [4.69, 9.17) is 4.74 Å². The first kappa shape index (κ1) is 22.6. The van der Waals surface area contributed by atoms with Crippen LogP contribution >= 0.6 is 0 Å². The second-order valence-electron chi connectivity index (χ2n) is 8.81. The number of nitrogens with one attached hydrogen (secondary N) is 2. The lowest BCUT2D eigenvalue weighted by atomic mass is 9.82. The van der Waals surface area contributed by atoms with E-state index in [9.17, 15) is 14.4 Å². The van der Waals surface area contributed by atoms with Crippen LogP contribution in [0.15, 0.2) is 12.2 Å².